The van der Waals surface area contributed by atoms with Crippen LogP contribution in [0.3, 0.4) is 0 Å². The topological polar surface area (TPSA) is 12.4 Å². The molecule has 2 aromatic rings. The first-order chi connectivity index (χ1) is 8.58. The summed E-state index contributed by atoms with van der Waals surface area (Å²) in [4.78, 5) is 4.27. The number of nitrogens with zero attached hydrogens (tertiary/aromatic N) is 1. The predicted octanol–water partition coefficient (Wildman–Crippen LogP) is 6.05. The molecule has 1 nitrogen and oxygen atoms in total. The first kappa shape index (κ1) is 13.7. The van der Waals surface area contributed by atoms with E-state index < -0.39 is 0 Å². The smallest absolute Gasteiger partial charge is 0.0785 e. The molecule has 0 N–H and O–H groups in total. The summed E-state index contributed by atoms with van der Waals surface area (Å²) in [5.74, 6) is 0. The lowest BCUT2D eigenvalue weighted by Crippen LogP contribution is -1.84. The van der Waals surface area contributed by atoms with Gasteiger partial charge in [0.15, 0.2) is 0 Å². The van der Waals surface area contributed by atoms with Crippen molar-refractivity contribution < 1.29 is 0 Å². The molecule has 0 atom stereocenters. The minimum atomic E-state index is 0.327. The van der Waals surface area contributed by atoms with E-state index in [9.17, 15) is 0 Å². The van der Waals surface area contributed by atoms with Gasteiger partial charge in [-0.25, -0.2) is 0 Å². The van der Waals surface area contributed by atoms with Gasteiger partial charge in [-0.15, -0.1) is 0 Å². The molecule has 0 aliphatic rings. The summed E-state index contributed by atoms with van der Waals surface area (Å²) in [5, 5.41) is 1.76. The Morgan fingerprint density at radius 3 is 2.39 bits per heavy atom. The van der Waals surface area contributed by atoms with Gasteiger partial charge in [0.25, 0.3) is 0 Å². The van der Waals surface area contributed by atoms with E-state index in [4.69, 9.17) is 46.4 Å². The number of hydrogen-bond donors (Lipinski definition) is 0. The Balaban J connectivity index is 2.32. The molecule has 0 saturated heterocycles. The van der Waals surface area contributed by atoms with Gasteiger partial charge in [0.1, 0.15) is 0 Å². The summed E-state index contributed by atoms with van der Waals surface area (Å²) in [6.07, 6.45) is 1.62. The van der Waals surface area contributed by atoms with Crippen molar-refractivity contribution in [3.05, 3.63) is 62.1 Å². The van der Waals surface area contributed by atoms with E-state index in [1.165, 1.54) is 0 Å². The standard InChI is InChI=1S/C13H7Cl4N/c14-9-2-1-3-10(6-9)18-7-8-4-5-11(15)13(17)12(8)16/h1-7H/b18-7+. The second-order valence-corrected chi connectivity index (χ2v) is 5.10. The fraction of sp³-hybridized carbons (Fsp3) is 0. The SMILES string of the molecule is Clc1cccc(/N=C/c2ccc(Cl)c(Cl)c2Cl)c1. The number of benzene rings is 2. The molecule has 2 rings (SSSR count). The molecule has 0 bridgehead atoms. The third-order valence-electron chi connectivity index (χ3n) is 2.23. The first-order valence-corrected chi connectivity index (χ1v) is 6.52. The quantitative estimate of drug-likeness (QED) is 0.472. The maximum Gasteiger partial charge on any atom is 0.0785 e. The minimum absolute atomic E-state index is 0.327. The van der Waals surface area contributed by atoms with E-state index in [1.54, 1.807) is 30.5 Å². The van der Waals surface area contributed by atoms with Crippen molar-refractivity contribution in [1.29, 1.82) is 0 Å². The van der Waals surface area contributed by atoms with Gasteiger partial charge >= 0.3 is 0 Å². The van der Waals surface area contributed by atoms with E-state index in [-0.39, 0.29) is 0 Å². The molecular formula is C13H7Cl4N. The van der Waals surface area contributed by atoms with Crippen LogP contribution < -0.4 is 0 Å². The maximum atomic E-state index is 6.06. The predicted molar refractivity (Wildman–Crippen MR) is 80.2 cm³/mol. The molecule has 0 aromatic heterocycles. The van der Waals surface area contributed by atoms with Crippen molar-refractivity contribution in [2.45, 2.75) is 0 Å². The lowest BCUT2D eigenvalue weighted by Gasteiger charge is -2.02. The molecule has 92 valence electrons. The van der Waals surface area contributed by atoms with Crippen LogP contribution in [0.5, 0.6) is 0 Å². The Morgan fingerprint density at radius 1 is 0.889 bits per heavy atom. The number of rotatable bonds is 2. The van der Waals surface area contributed by atoms with Crippen LogP contribution in [-0.2, 0) is 0 Å². The minimum Gasteiger partial charge on any atom is -0.256 e. The fourth-order valence-corrected chi connectivity index (χ4v) is 2.12. The number of halogens is 4. The molecule has 0 heterocycles. The molecule has 0 radical (unpaired) electrons. The summed E-state index contributed by atoms with van der Waals surface area (Å²) < 4.78 is 0. The highest BCUT2D eigenvalue weighted by molar-refractivity contribution is 6.48. The lowest BCUT2D eigenvalue weighted by molar-refractivity contribution is 1.52. The monoisotopic (exact) mass is 317 g/mol. The molecule has 0 aliphatic carbocycles. The molecule has 0 amide bonds. The van der Waals surface area contributed by atoms with Crippen molar-refractivity contribution >= 4 is 58.3 Å². The van der Waals surface area contributed by atoms with E-state index in [0.29, 0.717) is 25.7 Å². The van der Waals surface area contributed by atoms with Crippen LogP contribution >= 0.6 is 46.4 Å². The van der Waals surface area contributed by atoms with E-state index in [2.05, 4.69) is 4.99 Å². The molecule has 5 heteroatoms. The summed E-state index contributed by atoms with van der Waals surface area (Å²) in [5.41, 5.74) is 1.44. The van der Waals surface area contributed by atoms with Crippen LogP contribution in [0.2, 0.25) is 20.1 Å². The Labute approximate surface area is 125 Å². The van der Waals surface area contributed by atoms with Crippen molar-refractivity contribution in [2.24, 2.45) is 4.99 Å². The maximum absolute atomic E-state index is 6.06. The van der Waals surface area contributed by atoms with E-state index in [1.807, 2.05) is 12.1 Å². The van der Waals surface area contributed by atoms with Crippen molar-refractivity contribution in [2.75, 3.05) is 0 Å². The Morgan fingerprint density at radius 2 is 1.67 bits per heavy atom. The van der Waals surface area contributed by atoms with Gasteiger partial charge in [0.2, 0.25) is 0 Å². The molecule has 0 spiro atoms. The van der Waals surface area contributed by atoms with Gasteiger partial charge < -0.3 is 0 Å². The van der Waals surface area contributed by atoms with Crippen LogP contribution in [0.4, 0.5) is 5.69 Å². The van der Waals surface area contributed by atoms with Gasteiger partial charge in [0.05, 0.1) is 20.8 Å². The van der Waals surface area contributed by atoms with Crippen LogP contribution in [-0.4, -0.2) is 6.21 Å². The van der Waals surface area contributed by atoms with E-state index in [0.717, 1.165) is 5.69 Å². The summed E-state index contributed by atoms with van der Waals surface area (Å²) >= 11 is 23.7. The van der Waals surface area contributed by atoms with Crippen molar-refractivity contribution in [3.8, 4) is 0 Å². The zero-order valence-electron chi connectivity index (χ0n) is 9.00. The van der Waals surface area contributed by atoms with Gasteiger partial charge in [-0.2, -0.15) is 0 Å². The normalized spacial score (nSPS) is 11.1. The summed E-state index contributed by atoms with van der Waals surface area (Å²) in [7, 11) is 0. The van der Waals surface area contributed by atoms with Crippen LogP contribution in [0.15, 0.2) is 41.4 Å². The number of aliphatic imine (C=N–C) groups is 1. The Kier molecular flexibility index (Phi) is 4.52. The van der Waals surface area contributed by atoms with E-state index >= 15 is 0 Å². The summed E-state index contributed by atoms with van der Waals surface area (Å²) in [6.45, 7) is 0. The molecule has 0 fully saturated rings. The average Bonchev–Trinajstić information content (AvgIpc) is 2.35. The van der Waals surface area contributed by atoms with Crippen molar-refractivity contribution in [3.63, 3.8) is 0 Å². The second-order valence-electron chi connectivity index (χ2n) is 3.50. The van der Waals surface area contributed by atoms with Crippen LogP contribution in [0.25, 0.3) is 0 Å². The van der Waals surface area contributed by atoms with Gasteiger partial charge in [-0.3, -0.25) is 4.99 Å². The lowest BCUT2D eigenvalue weighted by atomic mass is 10.2. The molecule has 0 saturated carbocycles. The third kappa shape index (κ3) is 3.18. The highest BCUT2D eigenvalue weighted by Gasteiger charge is 2.06. The van der Waals surface area contributed by atoms with Gasteiger partial charge in [-0.05, 0) is 24.3 Å². The van der Waals surface area contributed by atoms with Gasteiger partial charge in [0, 0.05) is 16.8 Å². The number of hydrogen-bond acceptors (Lipinski definition) is 1. The molecule has 2 aromatic carbocycles. The Bertz CT molecular complexity index is 608. The Hall–Kier alpha value is -0.730. The zero-order chi connectivity index (χ0) is 13.1. The molecular weight excluding hydrogens is 312 g/mol. The summed E-state index contributed by atoms with van der Waals surface area (Å²) in [6, 6.07) is 10.6. The molecule has 0 aliphatic heterocycles. The zero-order valence-corrected chi connectivity index (χ0v) is 12.0. The highest BCUT2D eigenvalue weighted by atomic mass is 35.5. The fourth-order valence-electron chi connectivity index (χ4n) is 1.34. The highest BCUT2D eigenvalue weighted by Crippen LogP contribution is 2.32. The van der Waals surface area contributed by atoms with Crippen LogP contribution in [0, 0.1) is 0 Å². The largest absolute Gasteiger partial charge is 0.256 e. The van der Waals surface area contributed by atoms with Crippen molar-refractivity contribution in [1.82, 2.24) is 0 Å². The molecule has 0 unspecified atom stereocenters. The van der Waals surface area contributed by atoms with Crippen LogP contribution in [0.1, 0.15) is 5.56 Å². The first-order valence-electron chi connectivity index (χ1n) is 5.01. The molecule has 18 heavy (non-hydrogen) atoms. The van der Waals surface area contributed by atoms with Gasteiger partial charge in [-0.1, -0.05) is 58.5 Å². The average molecular weight is 319 g/mol. The third-order valence-corrected chi connectivity index (χ3v) is 3.77. The second kappa shape index (κ2) is 5.94.